The van der Waals surface area contributed by atoms with Crippen molar-refractivity contribution in [2.45, 2.75) is 20.8 Å². The number of aromatic nitrogens is 2. The van der Waals surface area contributed by atoms with Crippen LogP contribution in [0.5, 0.6) is 5.88 Å². The van der Waals surface area contributed by atoms with E-state index in [0.717, 1.165) is 21.3 Å². The molecule has 3 aromatic rings. The number of amides is 1. The number of anilines is 1. The molecule has 1 aromatic carbocycles. The first-order chi connectivity index (χ1) is 11.5. The third-order valence-corrected chi connectivity index (χ3v) is 5.21. The van der Waals surface area contributed by atoms with Gasteiger partial charge in [0.25, 0.3) is 5.91 Å². The molecule has 24 heavy (non-hydrogen) atoms. The van der Waals surface area contributed by atoms with E-state index in [1.165, 1.54) is 17.7 Å². The number of aryl methyl sites for hydroxylation is 2. The monoisotopic (exact) mass is 361 g/mol. The van der Waals surface area contributed by atoms with Gasteiger partial charge in [0, 0.05) is 10.7 Å². The number of thiophene rings is 1. The van der Waals surface area contributed by atoms with Crippen LogP contribution in [0, 0.1) is 13.8 Å². The molecule has 2 aromatic heterocycles. The molecule has 0 aliphatic rings. The Morgan fingerprint density at radius 3 is 2.83 bits per heavy atom. The molecule has 1 amide bonds. The standard InChI is InChI=1S/C17H16ClN3O2S/c1-4-23-16-13-10(3)14(24-17(13)20-8-19-16)15(22)21-11-6-5-9(2)12(18)7-11/h5-8H,4H2,1-3H3,(H,21,22). The number of rotatable bonds is 4. The van der Waals surface area contributed by atoms with Crippen LogP contribution in [-0.2, 0) is 0 Å². The highest BCUT2D eigenvalue weighted by molar-refractivity contribution is 7.20. The third-order valence-electron chi connectivity index (χ3n) is 3.61. The van der Waals surface area contributed by atoms with Crippen LogP contribution < -0.4 is 10.1 Å². The lowest BCUT2D eigenvalue weighted by atomic mass is 10.2. The summed E-state index contributed by atoms with van der Waals surface area (Å²) >= 11 is 7.43. The first-order valence-corrected chi connectivity index (χ1v) is 8.65. The van der Waals surface area contributed by atoms with Gasteiger partial charge in [-0.3, -0.25) is 4.79 Å². The second-order valence-corrected chi connectivity index (χ2v) is 6.67. The van der Waals surface area contributed by atoms with Gasteiger partial charge in [0.1, 0.15) is 11.2 Å². The van der Waals surface area contributed by atoms with Crippen molar-refractivity contribution in [2.24, 2.45) is 0 Å². The Labute approximate surface area is 148 Å². The number of nitrogens with one attached hydrogen (secondary N) is 1. The summed E-state index contributed by atoms with van der Waals surface area (Å²) in [7, 11) is 0. The number of ether oxygens (including phenoxy) is 1. The minimum atomic E-state index is -0.196. The molecule has 0 spiro atoms. The van der Waals surface area contributed by atoms with Gasteiger partial charge >= 0.3 is 0 Å². The van der Waals surface area contributed by atoms with Crippen molar-refractivity contribution in [2.75, 3.05) is 11.9 Å². The van der Waals surface area contributed by atoms with Crippen LogP contribution in [0.4, 0.5) is 5.69 Å². The number of hydrogen-bond donors (Lipinski definition) is 1. The minimum Gasteiger partial charge on any atom is -0.477 e. The number of halogens is 1. The highest BCUT2D eigenvalue weighted by Gasteiger charge is 2.20. The fourth-order valence-corrected chi connectivity index (χ4v) is 3.58. The lowest BCUT2D eigenvalue weighted by molar-refractivity contribution is 0.103. The predicted molar refractivity (Wildman–Crippen MR) is 97.5 cm³/mol. The number of hydrogen-bond acceptors (Lipinski definition) is 5. The fraction of sp³-hybridized carbons (Fsp3) is 0.235. The van der Waals surface area contributed by atoms with Gasteiger partial charge in [0.05, 0.1) is 16.9 Å². The van der Waals surface area contributed by atoms with E-state index in [1.807, 2.05) is 32.9 Å². The van der Waals surface area contributed by atoms with Gasteiger partial charge in [-0.1, -0.05) is 17.7 Å². The molecule has 0 aliphatic heterocycles. The van der Waals surface area contributed by atoms with Crippen molar-refractivity contribution >= 4 is 44.7 Å². The van der Waals surface area contributed by atoms with Crippen molar-refractivity contribution in [3.63, 3.8) is 0 Å². The molecule has 0 saturated carbocycles. The molecule has 124 valence electrons. The molecule has 5 nitrogen and oxygen atoms in total. The van der Waals surface area contributed by atoms with Crippen LogP contribution >= 0.6 is 22.9 Å². The summed E-state index contributed by atoms with van der Waals surface area (Å²) in [5, 5.41) is 4.28. The summed E-state index contributed by atoms with van der Waals surface area (Å²) < 4.78 is 5.55. The zero-order chi connectivity index (χ0) is 17.3. The Hall–Kier alpha value is -2.18. The number of fused-ring (bicyclic) bond motifs is 1. The van der Waals surface area contributed by atoms with E-state index in [-0.39, 0.29) is 5.91 Å². The molecule has 0 radical (unpaired) electrons. The molecule has 0 fully saturated rings. The molecule has 0 bridgehead atoms. The summed E-state index contributed by atoms with van der Waals surface area (Å²) in [4.78, 5) is 22.4. The molecular weight excluding hydrogens is 346 g/mol. The molecule has 3 rings (SSSR count). The Morgan fingerprint density at radius 2 is 2.12 bits per heavy atom. The molecular formula is C17H16ClN3O2S. The van der Waals surface area contributed by atoms with Crippen LogP contribution in [-0.4, -0.2) is 22.5 Å². The van der Waals surface area contributed by atoms with E-state index >= 15 is 0 Å². The van der Waals surface area contributed by atoms with Crippen molar-refractivity contribution in [3.8, 4) is 5.88 Å². The molecule has 0 atom stereocenters. The van der Waals surface area contributed by atoms with Gasteiger partial charge in [-0.2, -0.15) is 0 Å². The minimum absolute atomic E-state index is 0.196. The van der Waals surface area contributed by atoms with Crippen molar-refractivity contribution in [3.05, 3.63) is 45.6 Å². The van der Waals surface area contributed by atoms with E-state index in [9.17, 15) is 4.79 Å². The molecule has 0 aliphatic carbocycles. The number of benzene rings is 1. The fourth-order valence-electron chi connectivity index (χ4n) is 2.36. The van der Waals surface area contributed by atoms with Gasteiger partial charge in [-0.05, 0) is 44.0 Å². The molecule has 1 N–H and O–H groups in total. The summed E-state index contributed by atoms with van der Waals surface area (Å²) in [5.41, 5.74) is 2.43. The number of carbonyl (C=O) groups excluding carboxylic acids is 1. The third kappa shape index (κ3) is 3.07. The van der Waals surface area contributed by atoms with Gasteiger partial charge < -0.3 is 10.1 Å². The Morgan fingerprint density at radius 1 is 1.33 bits per heavy atom. The Balaban J connectivity index is 1.96. The van der Waals surface area contributed by atoms with Crippen LogP contribution in [0.25, 0.3) is 10.2 Å². The quantitative estimate of drug-likeness (QED) is 0.736. The summed E-state index contributed by atoms with van der Waals surface area (Å²) in [6.07, 6.45) is 1.45. The lowest BCUT2D eigenvalue weighted by Gasteiger charge is -2.06. The lowest BCUT2D eigenvalue weighted by Crippen LogP contribution is -2.11. The smallest absolute Gasteiger partial charge is 0.266 e. The topological polar surface area (TPSA) is 64.1 Å². The highest BCUT2D eigenvalue weighted by Crippen LogP contribution is 2.34. The first-order valence-electron chi connectivity index (χ1n) is 7.45. The van der Waals surface area contributed by atoms with E-state index in [4.69, 9.17) is 16.3 Å². The maximum absolute atomic E-state index is 12.6. The molecule has 0 unspecified atom stereocenters. The van der Waals surface area contributed by atoms with Gasteiger partial charge in [0.2, 0.25) is 5.88 Å². The zero-order valence-corrected chi connectivity index (χ0v) is 15.1. The van der Waals surface area contributed by atoms with Crippen LogP contribution in [0.15, 0.2) is 24.5 Å². The zero-order valence-electron chi connectivity index (χ0n) is 13.5. The predicted octanol–water partition coefficient (Wildman–Crippen LogP) is 4.61. The summed E-state index contributed by atoms with van der Waals surface area (Å²) in [6, 6.07) is 5.43. The molecule has 2 heterocycles. The van der Waals surface area contributed by atoms with Crippen molar-refractivity contribution < 1.29 is 9.53 Å². The van der Waals surface area contributed by atoms with Crippen LogP contribution in [0.3, 0.4) is 0 Å². The Kier molecular flexibility index (Phi) is 4.69. The van der Waals surface area contributed by atoms with Gasteiger partial charge in [-0.25, -0.2) is 9.97 Å². The van der Waals surface area contributed by atoms with E-state index in [1.54, 1.807) is 6.07 Å². The number of nitrogens with zero attached hydrogens (tertiary/aromatic N) is 2. The van der Waals surface area contributed by atoms with Crippen molar-refractivity contribution in [1.82, 2.24) is 9.97 Å². The van der Waals surface area contributed by atoms with E-state index < -0.39 is 0 Å². The summed E-state index contributed by atoms with van der Waals surface area (Å²) in [6.45, 7) is 6.19. The maximum Gasteiger partial charge on any atom is 0.266 e. The molecule has 7 heteroatoms. The number of carbonyl (C=O) groups is 1. The average molecular weight is 362 g/mol. The summed E-state index contributed by atoms with van der Waals surface area (Å²) in [5.74, 6) is 0.312. The second-order valence-electron chi connectivity index (χ2n) is 5.27. The van der Waals surface area contributed by atoms with E-state index in [2.05, 4.69) is 15.3 Å². The molecule has 0 saturated heterocycles. The van der Waals surface area contributed by atoms with Gasteiger partial charge in [0.15, 0.2) is 0 Å². The normalized spacial score (nSPS) is 10.8. The Bertz CT molecular complexity index is 924. The SMILES string of the molecule is CCOc1ncnc2sc(C(=O)Nc3ccc(C)c(Cl)c3)c(C)c12. The van der Waals surface area contributed by atoms with E-state index in [0.29, 0.717) is 28.1 Å². The maximum atomic E-state index is 12.6. The van der Waals surface area contributed by atoms with Crippen molar-refractivity contribution in [1.29, 1.82) is 0 Å². The first kappa shape index (κ1) is 16.7. The second kappa shape index (κ2) is 6.75. The highest BCUT2D eigenvalue weighted by atomic mass is 35.5. The van der Waals surface area contributed by atoms with Gasteiger partial charge in [-0.15, -0.1) is 11.3 Å². The van der Waals surface area contributed by atoms with Crippen LogP contribution in [0.1, 0.15) is 27.7 Å². The average Bonchev–Trinajstić information content (AvgIpc) is 2.89. The largest absolute Gasteiger partial charge is 0.477 e. The van der Waals surface area contributed by atoms with Crippen LogP contribution in [0.2, 0.25) is 5.02 Å².